The fourth-order valence-corrected chi connectivity index (χ4v) is 1.85. The summed E-state index contributed by atoms with van der Waals surface area (Å²) in [6.07, 6.45) is 4.30. The van der Waals surface area contributed by atoms with E-state index in [2.05, 4.69) is 12.7 Å². The maximum Gasteiger partial charge on any atom is 0.127 e. The number of hydrogen-bond acceptors (Lipinski definition) is 0. The summed E-state index contributed by atoms with van der Waals surface area (Å²) in [6, 6.07) is 0.899. The second-order valence-electron chi connectivity index (χ2n) is 3.41. The largest absolute Gasteiger partial charge is 0.353 e. The van der Waals surface area contributed by atoms with Crippen molar-refractivity contribution in [3.05, 3.63) is 0 Å². The molecule has 60 valence electrons. The summed E-state index contributed by atoms with van der Waals surface area (Å²) in [4.78, 5) is 1.78. The van der Waals surface area contributed by atoms with Crippen LogP contribution in [0.1, 0.15) is 26.2 Å². The van der Waals surface area contributed by atoms with Gasteiger partial charge in [0.05, 0.1) is 12.6 Å². The molecule has 1 heterocycles. The molecule has 2 nitrogen and oxygen atoms in total. The summed E-state index contributed by atoms with van der Waals surface area (Å²) in [5.74, 6) is 0. The minimum absolute atomic E-state index is 0.899. The Morgan fingerprint density at radius 1 is 1.50 bits per heavy atom. The highest BCUT2D eigenvalue weighted by Crippen LogP contribution is 2.00. The molecule has 2 heteroatoms. The second kappa shape index (κ2) is 3.94. The Hall–Kier alpha value is -0.0800. The molecule has 1 aliphatic rings. The zero-order valence-corrected chi connectivity index (χ0v) is 7.03. The van der Waals surface area contributed by atoms with Gasteiger partial charge < -0.3 is 10.6 Å². The standard InChI is InChI=1S/C8H18N2/c1-8-4-2-3-6-10(8)7-5-9/h8H,2-7,9H2,1H3/p+2/t8-/m0/s1. The van der Waals surface area contributed by atoms with Crippen LogP contribution in [-0.2, 0) is 0 Å². The normalized spacial score (nSPS) is 34.2. The summed E-state index contributed by atoms with van der Waals surface area (Å²) < 4.78 is 0. The van der Waals surface area contributed by atoms with Gasteiger partial charge in [0, 0.05) is 0 Å². The van der Waals surface area contributed by atoms with Gasteiger partial charge in [-0.05, 0) is 26.2 Å². The maximum absolute atomic E-state index is 3.89. The summed E-state index contributed by atoms with van der Waals surface area (Å²) in [6.45, 7) is 6.13. The van der Waals surface area contributed by atoms with Gasteiger partial charge in [-0.1, -0.05) is 0 Å². The number of hydrogen-bond donors (Lipinski definition) is 2. The van der Waals surface area contributed by atoms with Crippen molar-refractivity contribution in [3.63, 3.8) is 0 Å². The third-order valence-electron chi connectivity index (χ3n) is 2.58. The molecule has 0 saturated carbocycles. The van der Waals surface area contributed by atoms with Gasteiger partial charge >= 0.3 is 0 Å². The molecule has 1 aliphatic heterocycles. The van der Waals surface area contributed by atoms with E-state index in [-0.39, 0.29) is 0 Å². The maximum atomic E-state index is 3.89. The number of nitrogens with one attached hydrogen (secondary N) is 1. The SMILES string of the molecule is C[C@H]1CCCC[NH+]1CC[NH3+]. The van der Waals surface area contributed by atoms with E-state index in [1.165, 1.54) is 32.4 Å². The van der Waals surface area contributed by atoms with E-state index >= 15 is 0 Å². The van der Waals surface area contributed by atoms with Gasteiger partial charge in [0.25, 0.3) is 0 Å². The first kappa shape index (κ1) is 8.02. The Balaban J connectivity index is 2.25. The van der Waals surface area contributed by atoms with Gasteiger partial charge in [-0.15, -0.1) is 0 Å². The Morgan fingerprint density at radius 2 is 2.30 bits per heavy atom. The second-order valence-corrected chi connectivity index (χ2v) is 3.41. The van der Waals surface area contributed by atoms with Crippen LogP contribution in [-0.4, -0.2) is 25.7 Å². The fourth-order valence-electron chi connectivity index (χ4n) is 1.85. The van der Waals surface area contributed by atoms with E-state index < -0.39 is 0 Å². The quantitative estimate of drug-likeness (QED) is 0.482. The van der Waals surface area contributed by atoms with Crippen LogP contribution in [0.15, 0.2) is 0 Å². The molecule has 0 aliphatic carbocycles. The first-order valence-electron chi connectivity index (χ1n) is 4.48. The van der Waals surface area contributed by atoms with Crippen molar-refractivity contribution in [2.75, 3.05) is 19.6 Å². The van der Waals surface area contributed by atoms with Crippen molar-refractivity contribution < 1.29 is 10.6 Å². The van der Waals surface area contributed by atoms with E-state index in [1.54, 1.807) is 4.90 Å². The monoisotopic (exact) mass is 144 g/mol. The average Bonchev–Trinajstić information content (AvgIpc) is 1.94. The highest BCUT2D eigenvalue weighted by molar-refractivity contribution is 4.54. The molecular weight excluding hydrogens is 124 g/mol. The predicted molar refractivity (Wildman–Crippen MR) is 41.8 cm³/mol. The summed E-state index contributed by atoms with van der Waals surface area (Å²) in [5, 5.41) is 0. The van der Waals surface area contributed by atoms with Crippen molar-refractivity contribution in [1.29, 1.82) is 0 Å². The molecule has 1 unspecified atom stereocenters. The molecule has 0 aromatic carbocycles. The molecule has 0 bridgehead atoms. The van der Waals surface area contributed by atoms with Crippen molar-refractivity contribution in [3.8, 4) is 0 Å². The lowest BCUT2D eigenvalue weighted by molar-refractivity contribution is -0.933. The van der Waals surface area contributed by atoms with Crippen molar-refractivity contribution in [1.82, 2.24) is 0 Å². The van der Waals surface area contributed by atoms with Crippen molar-refractivity contribution >= 4 is 0 Å². The first-order valence-corrected chi connectivity index (χ1v) is 4.48. The third-order valence-corrected chi connectivity index (χ3v) is 2.58. The van der Waals surface area contributed by atoms with E-state index in [9.17, 15) is 0 Å². The molecule has 1 saturated heterocycles. The molecule has 0 aromatic rings. The van der Waals surface area contributed by atoms with Crippen LogP contribution in [0, 0.1) is 0 Å². The van der Waals surface area contributed by atoms with Crippen LogP contribution in [0.2, 0.25) is 0 Å². The highest BCUT2D eigenvalue weighted by atomic mass is 15.2. The lowest BCUT2D eigenvalue weighted by Crippen LogP contribution is -3.17. The van der Waals surface area contributed by atoms with Gasteiger partial charge in [0.15, 0.2) is 0 Å². The minimum Gasteiger partial charge on any atom is -0.353 e. The molecule has 0 aromatic heterocycles. The summed E-state index contributed by atoms with van der Waals surface area (Å²) >= 11 is 0. The Labute approximate surface area is 63.4 Å². The van der Waals surface area contributed by atoms with E-state index in [0.717, 1.165) is 12.6 Å². The zero-order valence-electron chi connectivity index (χ0n) is 7.03. The zero-order chi connectivity index (χ0) is 7.40. The van der Waals surface area contributed by atoms with Crippen LogP contribution < -0.4 is 10.6 Å². The minimum atomic E-state index is 0.899. The molecule has 1 fully saturated rings. The van der Waals surface area contributed by atoms with Gasteiger partial charge in [0.1, 0.15) is 13.1 Å². The number of quaternary nitrogens is 2. The average molecular weight is 144 g/mol. The van der Waals surface area contributed by atoms with Crippen molar-refractivity contribution in [2.24, 2.45) is 0 Å². The molecule has 4 N–H and O–H groups in total. The number of piperidine rings is 1. The molecular formula is C8H20N2+2. The third kappa shape index (κ3) is 1.96. The number of rotatable bonds is 2. The van der Waals surface area contributed by atoms with E-state index in [4.69, 9.17) is 0 Å². The van der Waals surface area contributed by atoms with Crippen LogP contribution in [0.5, 0.6) is 0 Å². The topological polar surface area (TPSA) is 32.1 Å². The van der Waals surface area contributed by atoms with Gasteiger partial charge in [0.2, 0.25) is 0 Å². The van der Waals surface area contributed by atoms with Crippen LogP contribution in [0.25, 0.3) is 0 Å². The molecule has 0 amide bonds. The van der Waals surface area contributed by atoms with Gasteiger partial charge in [-0.2, -0.15) is 0 Å². The Morgan fingerprint density at radius 3 is 2.90 bits per heavy atom. The highest BCUT2D eigenvalue weighted by Gasteiger charge is 2.20. The predicted octanol–water partition coefficient (Wildman–Crippen LogP) is -1.31. The first-order chi connectivity index (χ1) is 4.84. The molecule has 0 spiro atoms. The molecule has 0 radical (unpaired) electrons. The fraction of sp³-hybridized carbons (Fsp3) is 1.00. The van der Waals surface area contributed by atoms with Crippen LogP contribution in [0.3, 0.4) is 0 Å². The summed E-state index contributed by atoms with van der Waals surface area (Å²) in [5.41, 5.74) is 3.89. The number of likely N-dealkylation sites (tertiary alicyclic amines) is 1. The smallest absolute Gasteiger partial charge is 0.127 e. The van der Waals surface area contributed by atoms with E-state index in [1.807, 2.05) is 0 Å². The van der Waals surface area contributed by atoms with Crippen molar-refractivity contribution in [2.45, 2.75) is 32.2 Å². The molecule has 2 atom stereocenters. The molecule has 1 rings (SSSR count). The lowest BCUT2D eigenvalue weighted by atomic mass is 10.0. The lowest BCUT2D eigenvalue weighted by Gasteiger charge is -2.28. The molecule has 10 heavy (non-hydrogen) atoms. The van der Waals surface area contributed by atoms with Gasteiger partial charge in [-0.25, -0.2) is 0 Å². The Bertz CT molecular complexity index is 91.3. The van der Waals surface area contributed by atoms with Crippen LogP contribution in [0.4, 0.5) is 0 Å². The Kier molecular flexibility index (Phi) is 3.16. The van der Waals surface area contributed by atoms with Crippen LogP contribution >= 0.6 is 0 Å². The van der Waals surface area contributed by atoms with E-state index in [0.29, 0.717) is 0 Å². The summed E-state index contributed by atoms with van der Waals surface area (Å²) in [7, 11) is 0. The van der Waals surface area contributed by atoms with Gasteiger partial charge in [-0.3, -0.25) is 0 Å².